The van der Waals surface area contributed by atoms with Gasteiger partial charge in [-0.05, 0) is 61.2 Å². The maximum absolute atomic E-state index is 14.0. The molecule has 6 nitrogen and oxygen atoms in total. The second-order valence-corrected chi connectivity index (χ2v) is 8.96. The number of H-pyrrole nitrogens is 1. The van der Waals surface area contributed by atoms with Crippen LogP contribution in [0.5, 0.6) is 0 Å². The number of anilines is 1. The number of piperidine rings is 1. The summed E-state index contributed by atoms with van der Waals surface area (Å²) in [6.07, 6.45) is 7.21. The summed E-state index contributed by atoms with van der Waals surface area (Å²) in [6, 6.07) is 8.93. The molecule has 1 aromatic carbocycles. The molecule has 0 aliphatic carbocycles. The molecule has 5 rings (SSSR count). The van der Waals surface area contributed by atoms with Gasteiger partial charge >= 0.3 is 0 Å². The lowest BCUT2D eigenvalue weighted by molar-refractivity contribution is 0.185. The first-order valence-corrected chi connectivity index (χ1v) is 11.4. The van der Waals surface area contributed by atoms with Gasteiger partial charge < -0.3 is 5.32 Å². The summed E-state index contributed by atoms with van der Waals surface area (Å²) in [5.41, 5.74) is 4.91. The Hall–Kier alpha value is -3.65. The Morgan fingerprint density at radius 2 is 1.94 bits per heavy atom. The van der Waals surface area contributed by atoms with Crippen LogP contribution in [-0.4, -0.2) is 38.2 Å². The summed E-state index contributed by atoms with van der Waals surface area (Å²) < 4.78 is 27.2. The standard InChI is InChI=1S/C26H26F2N6/c1-16-5-7-34(8-6-16)15-18-9-20(13-29-12-18)19-3-4-24-22(10-19)25(33-32-24)17(2)31-26-23(28)11-21(27)14-30-26/h3-4,9-14,16H,2,5-8,15H2,1H3,(H,30,31)(H,32,33). The van der Waals surface area contributed by atoms with Gasteiger partial charge in [-0.15, -0.1) is 0 Å². The molecule has 0 saturated carbocycles. The average molecular weight is 461 g/mol. The van der Waals surface area contributed by atoms with E-state index in [0.717, 1.165) is 59.8 Å². The van der Waals surface area contributed by atoms with Gasteiger partial charge in [-0.2, -0.15) is 5.10 Å². The van der Waals surface area contributed by atoms with Crippen molar-refractivity contribution in [2.24, 2.45) is 5.92 Å². The predicted molar refractivity (Wildman–Crippen MR) is 130 cm³/mol. The molecule has 0 unspecified atom stereocenters. The molecule has 0 spiro atoms. The Morgan fingerprint density at radius 1 is 1.12 bits per heavy atom. The minimum atomic E-state index is -0.798. The summed E-state index contributed by atoms with van der Waals surface area (Å²) >= 11 is 0. The fourth-order valence-electron chi connectivity index (χ4n) is 4.34. The highest BCUT2D eigenvalue weighted by Gasteiger charge is 2.17. The summed E-state index contributed by atoms with van der Waals surface area (Å²) in [5, 5.41) is 10.9. The first-order valence-electron chi connectivity index (χ1n) is 11.4. The number of halogens is 2. The molecule has 8 heteroatoms. The van der Waals surface area contributed by atoms with Crippen molar-refractivity contribution in [3.8, 4) is 11.1 Å². The molecule has 2 N–H and O–H groups in total. The van der Waals surface area contributed by atoms with E-state index >= 15 is 0 Å². The van der Waals surface area contributed by atoms with E-state index in [0.29, 0.717) is 11.4 Å². The van der Waals surface area contributed by atoms with Gasteiger partial charge in [0.15, 0.2) is 11.6 Å². The topological polar surface area (TPSA) is 69.7 Å². The van der Waals surface area contributed by atoms with Crippen molar-refractivity contribution in [2.45, 2.75) is 26.3 Å². The molecule has 3 aromatic heterocycles. The Morgan fingerprint density at radius 3 is 2.74 bits per heavy atom. The Kier molecular flexibility index (Phi) is 6.06. The highest BCUT2D eigenvalue weighted by Crippen LogP contribution is 2.29. The van der Waals surface area contributed by atoms with E-state index in [4.69, 9.17) is 0 Å². The molecule has 0 radical (unpaired) electrons. The first-order chi connectivity index (χ1) is 16.5. The maximum atomic E-state index is 14.0. The average Bonchev–Trinajstić information content (AvgIpc) is 3.26. The number of hydrogen-bond donors (Lipinski definition) is 2. The van der Waals surface area contributed by atoms with Crippen LogP contribution in [0.25, 0.3) is 27.7 Å². The SMILES string of the molecule is C=C(Nc1ncc(F)cc1F)c1n[nH]c2ccc(-c3cncc(CN4CCC(C)CC4)c3)cc12. The molecule has 0 atom stereocenters. The second-order valence-electron chi connectivity index (χ2n) is 8.96. The van der Waals surface area contributed by atoms with Gasteiger partial charge in [-0.3, -0.25) is 15.0 Å². The molecule has 1 fully saturated rings. The zero-order valence-corrected chi connectivity index (χ0v) is 19.0. The van der Waals surface area contributed by atoms with Crippen LogP contribution >= 0.6 is 0 Å². The monoisotopic (exact) mass is 460 g/mol. The highest BCUT2D eigenvalue weighted by molar-refractivity contribution is 5.94. The van der Waals surface area contributed by atoms with Crippen molar-refractivity contribution in [2.75, 3.05) is 18.4 Å². The van der Waals surface area contributed by atoms with Gasteiger partial charge in [-0.25, -0.2) is 13.8 Å². The number of aromatic nitrogens is 4. The Labute approximate surface area is 196 Å². The van der Waals surface area contributed by atoms with Crippen LogP contribution < -0.4 is 5.32 Å². The zero-order chi connectivity index (χ0) is 23.7. The van der Waals surface area contributed by atoms with Crippen LogP contribution in [0.3, 0.4) is 0 Å². The van der Waals surface area contributed by atoms with Crippen molar-refractivity contribution >= 4 is 22.4 Å². The maximum Gasteiger partial charge on any atom is 0.168 e. The van der Waals surface area contributed by atoms with E-state index in [-0.39, 0.29) is 5.82 Å². The van der Waals surface area contributed by atoms with Gasteiger partial charge in [0.05, 0.1) is 17.4 Å². The third-order valence-electron chi connectivity index (χ3n) is 6.34. The number of likely N-dealkylation sites (tertiary alicyclic amines) is 1. The molecule has 0 bridgehead atoms. The van der Waals surface area contributed by atoms with Gasteiger partial charge in [0.1, 0.15) is 11.5 Å². The zero-order valence-electron chi connectivity index (χ0n) is 19.0. The van der Waals surface area contributed by atoms with E-state index in [1.54, 1.807) is 0 Å². The van der Waals surface area contributed by atoms with E-state index in [1.165, 1.54) is 18.4 Å². The van der Waals surface area contributed by atoms with Crippen molar-refractivity contribution in [3.63, 3.8) is 0 Å². The third kappa shape index (κ3) is 4.68. The van der Waals surface area contributed by atoms with E-state index < -0.39 is 11.6 Å². The van der Waals surface area contributed by atoms with Crippen LogP contribution in [-0.2, 0) is 6.54 Å². The van der Waals surface area contributed by atoms with E-state index in [2.05, 4.69) is 50.0 Å². The van der Waals surface area contributed by atoms with Crippen LogP contribution in [0.15, 0.2) is 55.5 Å². The summed E-state index contributed by atoms with van der Waals surface area (Å²) in [5.74, 6) is -0.846. The van der Waals surface area contributed by atoms with Crippen LogP contribution in [0.2, 0.25) is 0 Å². The molecular weight excluding hydrogens is 434 g/mol. The van der Waals surface area contributed by atoms with Gasteiger partial charge in [0.2, 0.25) is 0 Å². The van der Waals surface area contributed by atoms with Crippen LogP contribution in [0.4, 0.5) is 14.6 Å². The number of benzene rings is 1. The second kappa shape index (κ2) is 9.30. The molecule has 34 heavy (non-hydrogen) atoms. The fourth-order valence-corrected chi connectivity index (χ4v) is 4.34. The number of pyridine rings is 2. The van der Waals surface area contributed by atoms with E-state index in [9.17, 15) is 8.78 Å². The number of rotatable bonds is 6. The molecule has 174 valence electrons. The highest BCUT2D eigenvalue weighted by atomic mass is 19.1. The smallest absolute Gasteiger partial charge is 0.168 e. The minimum Gasteiger partial charge on any atom is -0.336 e. The van der Waals surface area contributed by atoms with Crippen LogP contribution in [0, 0.1) is 17.6 Å². The fraction of sp³-hybridized carbons (Fsp3) is 0.269. The van der Waals surface area contributed by atoms with Crippen molar-refractivity contribution < 1.29 is 8.78 Å². The quantitative estimate of drug-likeness (QED) is 0.391. The summed E-state index contributed by atoms with van der Waals surface area (Å²) in [7, 11) is 0. The lowest BCUT2D eigenvalue weighted by atomic mass is 9.98. The Balaban J connectivity index is 1.39. The first kappa shape index (κ1) is 22.2. The summed E-state index contributed by atoms with van der Waals surface area (Å²) in [4.78, 5) is 10.7. The lowest BCUT2D eigenvalue weighted by Gasteiger charge is -2.30. The van der Waals surface area contributed by atoms with Crippen molar-refractivity contribution in [1.82, 2.24) is 25.1 Å². The normalized spacial score (nSPS) is 15.0. The molecule has 1 aliphatic rings. The molecular formula is C26H26F2N6. The third-order valence-corrected chi connectivity index (χ3v) is 6.34. The number of nitrogens with zero attached hydrogens (tertiary/aromatic N) is 4. The van der Waals surface area contributed by atoms with E-state index in [1.807, 2.05) is 30.6 Å². The molecule has 0 amide bonds. The number of nitrogens with one attached hydrogen (secondary N) is 2. The van der Waals surface area contributed by atoms with Crippen LogP contribution in [0.1, 0.15) is 31.0 Å². The number of aromatic amines is 1. The molecule has 1 aliphatic heterocycles. The number of fused-ring (bicyclic) bond motifs is 1. The molecule has 4 aromatic rings. The Bertz CT molecular complexity index is 1340. The molecule has 1 saturated heterocycles. The lowest BCUT2D eigenvalue weighted by Crippen LogP contribution is -2.32. The van der Waals surface area contributed by atoms with Crippen molar-refractivity contribution in [1.29, 1.82) is 0 Å². The molecule has 4 heterocycles. The van der Waals surface area contributed by atoms with Gasteiger partial charge in [0, 0.05) is 36.0 Å². The number of hydrogen-bond acceptors (Lipinski definition) is 5. The minimum absolute atomic E-state index is 0.109. The van der Waals surface area contributed by atoms with Gasteiger partial charge in [-0.1, -0.05) is 19.6 Å². The predicted octanol–water partition coefficient (Wildman–Crippen LogP) is 5.61. The van der Waals surface area contributed by atoms with Crippen molar-refractivity contribution in [3.05, 3.63) is 78.4 Å². The van der Waals surface area contributed by atoms with Gasteiger partial charge in [0.25, 0.3) is 0 Å². The summed E-state index contributed by atoms with van der Waals surface area (Å²) in [6.45, 7) is 9.43. The largest absolute Gasteiger partial charge is 0.336 e.